The first-order chi connectivity index (χ1) is 13.0. The summed E-state index contributed by atoms with van der Waals surface area (Å²) < 4.78 is 32.3. The van der Waals surface area contributed by atoms with Crippen molar-refractivity contribution in [1.82, 2.24) is 4.90 Å². The number of benzene rings is 2. The number of urea groups is 1. The van der Waals surface area contributed by atoms with Crippen LogP contribution < -0.4 is 10.6 Å². The number of hydrogen-bond donors (Lipinski definition) is 2. The monoisotopic (exact) mass is 375 g/mol. The fourth-order valence-corrected chi connectivity index (χ4v) is 2.70. The number of morpholine rings is 1. The van der Waals surface area contributed by atoms with Gasteiger partial charge in [-0.05, 0) is 29.8 Å². The molecular formula is C19H19F2N3O3. The number of carbonyl (C=O) groups excluding carboxylic acids is 2. The number of hydrogen-bond acceptors (Lipinski definition) is 3. The van der Waals surface area contributed by atoms with E-state index >= 15 is 0 Å². The molecule has 3 amide bonds. The first kappa shape index (κ1) is 18.8. The molecule has 1 fully saturated rings. The molecule has 2 N–H and O–H groups in total. The highest BCUT2D eigenvalue weighted by Gasteiger charge is 2.17. The highest BCUT2D eigenvalue weighted by molar-refractivity contribution is 5.99. The number of nitrogens with one attached hydrogen (secondary N) is 2. The van der Waals surface area contributed by atoms with E-state index in [1.54, 1.807) is 29.2 Å². The zero-order valence-electron chi connectivity index (χ0n) is 14.5. The van der Waals surface area contributed by atoms with Crippen LogP contribution in [0.5, 0.6) is 0 Å². The third-order valence-corrected chi connectivity index (χ3v) is 4.13. The van der Waals surface area contributed by atoms with E-state index in [0.717, 1.165) is 17.7 Å². The van der Waals surface area contributed by atoms with Crippen molar-refractivity contribution < 1.29 is 23.1 Å². The van der Waals surface area contributed by atoms with Gasteiger partial charge in [-0.2, -0.15) is 0 Å². The van der Waals surface area contributed by atoms with Crippen LogP contribution in [-0.4, -0.2) is 43.1 Å². The van der Waals surface area contributed by atoms with Gasteiger partial charge in [0.15, 0.2) is 0 Å². The first-order valence-electron chi connectivity index (χ1n) is 8.49. The summed E-state index contributed by atoms with van der Waals surface area (Å²) in [4.78, 5) is 25.9. The van der Waals surface area contributed by atoms with Crippen molar-refractivity contribution in [2.75, 3.05) is 36.9 Å². The smallest absolute Gasteiger partial charge is 0.323 e. The predicted octanol–water partition coefficient (Wildman–Crippen LogP) is 3.01. The molecular weight excluding hydrogens is 356 g/mol. The molecule has 1 aliphatic rings. The second-order valence-electron chi connectivity index (χ2n) is 6.04. The Kier molecular flexibility index (Phi) is 5.97. The van der Waals surface area contributed by atoms with Crippen molar-refractivity contribution >= 4 is 23.3 Å². The molecule has 0 radical (unpaired) electrons. The van der Waals surface area contributed by atoms with E-state index in [2.05, 4.69) is 10.6 Å². The molecule has 0 atom stereocenters. The maximum absolute atomic E-state index is 13.6. The van der Waals surface area contributed by atoms with Gasteiger partial charge in [0.2, 0.25) is 5.91 Å². The highest BCUT2D eigenvalue weighted by atomic mass is 19.1. The van der Waals surface area contributed by atoms with Crippen LogP contribution in [-0.2, 0) is 16.0 Å². The minimum atomic E-state index is -0.859. The fourth-order valence-electron chi connectivity index (χ4n) is 2.70. The van der Waals surface area contributed by atoms with Crippen LogP contribution in [0.15, 0.2) is 42.5 Å². The summed E-state index contributed by atoms with van der Waals surface area (Å²) in [5.74, 6) is -1.70. The number of anilines is 2. The van der Waals surface area contributed by atoms with Gasteiger partial charge in [-0.25, -0.2) is 13.6 Å². The number of carbonyl (C=O) groups is 2. The highest BCUT2D eigenvalue weighted by Crippen LogP contribution is 2.18. The van der Waals surface area contributed by atoms with Crippen LogP contribution in [0.1, 0.15) is 5.56 Å². The summed E-state index contributed by atoms with van der Waals surface area (Å²) >= 11 is 0. The fraction of sp³-hybridized carbons (Fsp3) is 0.263. The van der Waals surface area contributed by atoms with Crippen LogP contribution in [0.3, 0.4) is 0 Å². The van der Waals surface area contributed by atoms with Crippen molar-refractivity contribution in [3.63, 3.8) is 0 Å². The van der Waals surface area contributed by atoms with E-state index in [4.69, 9.17) is 4.74 Å². The summed E-state index contributed by atoms with van der Waals surface area (Å²) in [7, 11) is 0. The van der Waals surface area contributed by atoms with Crippen LogP contribution in [0.2, 0.25) is 0 Å². The summed E-state index contributed by atoms with van der Waals surface area (Å²) in [6, 6.07) is 9.24. The molecule has 2 aromatic rings. The minimum Gasteiger partial charge on any atom is -0.378 e. The van der Waals surface area contributed by atoms with Crippen LogP contribution in [0.4, 0.5) is 25.0 Å². The van der Waals surface area contributed by atoms with E-state index in [0.29, 0.717) is 32.0 Å². The Balaban J connectivity index is 1.55. The van der Waals surface area contributed by atoms with E-state index in [-0.39, 0.29) is 12.3 Å². The van der Waals surface area contributed by atoms with E-state index in [9.17, 15) is 18.4 Å². The van der Waals surface area contributed by atoms with Crippen LogP contribution in [0, 0.1) is 11.6 Å². The minimum absolute atomic E-state index is 0.0202. The molecule has 1 saturated heterocycles. The lowest BCUT2D eigenvalue weighted by Gasteiger charge is -2.26. The van der Waals surface area contributed by atoms with Gasteiger partial charge in [-0.3, -0.25) is 4.79 Å². The normalized spacial score (nSPS) is 13.9. The largest absolute Gasteiger partial charge is 0.378 e. The average Bonchev–Trinajstić information content (AvgIpc) is 2.67. The van der Waals surface area contributed by atoms with Gasteiger partial charge in [-0.15, -0.1) is 0 Å². The Labute approximate surface area is 155 Å². The van der Waals surface area contributed by atoms with Gasteiger partial charge >= 0.3 is 6.03 Å². The SMILES string of the molecule is O=C(Nc1ccc(CC(=O)N2CCOCC2)cc1)Nc1c(F)cccc1F. The Morgan fingerprint density at radius 2 is 1.59 bits per heavy atom. The number of halogens is 2. The Morgan fingerprint density at radius 3 is 2.22 bits per heavy atom. The summed E-state index contributed by atoms with van der Waals surface area (Å²) in [5.41, 5.74) is 0.729. The Morgan fingerprint density at radius 1 is 0.963 bits per heavy atom. The maximum atomic E-state index is 13.6. The van der Waals surface area contributed by atoms with Gasteiger partial charge in [0.05, 0.1) is 19.6 Å². The van der Waals surface area contributed by atoms with E-state index < -0.39 is 23.4 Å². The summed E-state index contributed by atoms with van der Waals surface area (Å²) in [6.45, 7) is 2.27. The molecule has 6 nitrogen and oxygen atoms in total. The molecule has 0 bridgehead atoms. The lowest BCUT2D eigenvalue weighted by atomic mass is 10.1. The molecule has 142 valence electrons. The topological polar surface area (TPSA) is 70.7 Å². The second kappa shape index (κ2) is 8.59. The number of amides is 3. The van der Waals surface area contributed by atoms with Crippen molar-refractivity contribution in [3.05, 3.63) is 59.7 Å². The van der Waals surface area contributed by atoms with Crippen molar-refractivity contribution in [2.45, 2.75) is 6.42 Å². The molecule has 3 rings (SSSR count). The number of rotatable bonds is 4. The van der Waals surface area contributed by atoms with Crippen molar-refractivity contribution in [2.24, 2.45) is 0 Å². The molecule has 1 aliphatic heterocycles. The van der Waals surface area contributed by atoms with Gasteiger partial charge < -0.3 is 20.3 Å². The number of nitrogens with zero attached hydrogens (tertiary/aromatic N) is 1. The maximum Gasteiger partial charge on any atom is 0.323 e. The van der Waals surface area contributed by atoms with Gasteiger partial charge in [0, 0.05) is 18.8 Å². The third kappa shape index (κ3) is 5.01. The molecule has 0 unspecified atom stereocenters. The molecule has 1 heterocycles. The molecule has 27 heavy (non-hydrogen) atoms. The third-order valence-electron chi connectivity index (χ3n) is 4.13. The molecule has 0 saturated carbocycles. The molecule has 0 aromatic heterocycles. The number of para-hydroxylation sites is 1. The van der Waals surface area contributed by atoms with Crippen LogP contribution >= 0.6 is 0 Å². The second-order valence-corrected chi connectivity index (χ2v) is 6.04. The predicted molar refractivity (Wildman–Crippen MR) is 96.5 cm³/mol. The quantitative estimate of drug-likeness (QED) is 0.863. The van der Waals surface area contributed by atoms with Crippen LogP contribution in [0.25, 0.3) is 0 Å². The van der Waals surface area contributed by atoms with Gasteiger partial charge in [-0.1, -0.05) is 18.2 Å². The molecule has 2 aromatic carbocycles. The lowest BCUT2D eigenvalue weighted by Crippen LogP contribution is -2.41. The summed E-state index contributed by atoms with van der Waals surface area (Å²) in [6.07, 6.45) is 0.257. The average molecular weight is 375 g/mol. The van der Waals surface area contributed by atoms with Gasteiger partial charge in [0.25, 0.3) is 0 Å². The molecule has 0 aliphatic carbocycles. The zero-order valence-corrected chi connectivity index (χ0v) is 14.5. The Bertz CT molecular complexity index is 801. The van der Waals surface area contributed by atoms with Crippen molar-refractivity contribution in [1.29, 1.82) is 0 Å². The van der Waals surface area contributed by atoms with Crippen molar-refractivity contribution in [3.8, 4) is 0 Å². The number of ether oxygens (including phenoxy) is 1. The first-order valence-corrected chi connectivity index (χ1v) is 8.49. The molecule has 0 spiro atoms. The molecule has 8 heteroatoms. The zero-order chi connectivity index (χ0) is 19.2. The van der Waals surface area contributed by atoms with E-state index in [1.165, 1.54) is 6.07 Å². The standard InChI is InChI=1S/C19H19F2N3O3/c20-15-2-1-3-16(21)18(15)23-19(26)22-14-6-4-13(5-7-14)12-17(25)24-8-10-27-11-9-24/h1-7H,8-12H2,(H2,22,23,26). The lowest BCUT2D eigenvalue weighted by molar-refractivity contribution is -0.134. The Hall–Kier alpha value is -3.00. The van der Waals surface area contributed by atoms with E-state index in [1.807, 2.05) is 0 Å². The summed E-state index contributed by atoms with van der Waals surface area (Å²) in [5, 5.41) is 4.64. The van der Waals surface area contributed by atoms with Gasteiger partial charge in [0.1, 0.15) is 17.3 Å².